The number of benzene rings is 3. The second-order valence-corrected chi connectivity index (χ2v) is 9.95. The van der Waals surface area contributed by atoms with E-state index in [1.807, 2.05) is 36.4 Å². The van der Waals surface area contributed by atoms with Crippen molar-refractivity contribution in [1.29, 1.82) is 0 Å². The number of hydrogen-bond acceptors (Lipinski definition) is 6. The van der Waals surface area contributed by atoms with Crippen molar-refractivity contribution in [1.82, 2.24) is 0 Å². The van der Waals surface area contributed by atoms with E-state index in [9.17, 15) is 14.9 Å². The van der Waals surface area contributed by atoms with E-state index in [1.54, 1.807) is 19.1 Å². The Hall–Kier alpha value is -2.82. The standard InChI is InChI=1S/C24H15Br3N2O5/c1-13-7-16(5-6-21(13)29(31)32)23-28-20(24(30)34-23)11-15-9-18(26)22(19(27)10-15)33-12-14-3-2-4-17(25)8-14/h2-11H,12H2,1H3/b20-11-. The molecule has 3 aromatic carbocycles. The van der Waals surface area contributed by atoms with Gasteiger partial charge >= 0.3 is 5.97 Å². The molecule has 0 spiro atoms. The molecule has 0 fully saturated rings. The lowest BCUT2D eigenvalue weighted by molar-refractivity contribution is -0.385. The summed E-state index contributed by atoms with van der Waals surface area (Å²) in [4.78, 5) is 27.2. The Morgan fingerprint density at radius 1 is 1.09 bits per heavy atom. The number of aliphatic imine (C=N–C) groups is 1. The highest BCUT2D eigenvalue weighted by molar-refractivity contribution is 9.11. The van der Waals surface area contributed by atoms with Gasteiger partial charge in [0.25, 0.3) is 5.69 Å². The lowest BCUT2D eigenvalue weighted by atomic mass is 10.1. The molecule has 1 aliphatic heterocycles. The third kappa shape index (κ3) is 5.45. The highest BCUT2D eigenvalue weighted by atomic mass is 79.9. The number of carbonyl (C=O) groups excluding carboxylic acids is 1. The molecule has 172 valence electrons. The fraction of sp³-hybridized carbons (Fsp3) is 0.0833. The van der Waals surface area contributed by atoms with Crippen LogP contribution in [0, 0.1) is 17.0 Å². The second-order valence-electron chi connectivity index (χ2n) is 7.33. The number of nitrogens with zero attached hydrogens (tertiary/aromatic N) is 2. The van der Waals surface area contributed by atoms with Crippen LogP contribution >= 0.6 is 47.8 Å². The second kappa shape index (κ2) is 10.2. The lowest BCUT2D eigenvalue weighted by Gasteiger charge is -2.12. The zero-order valence-electron chi connectivity index (χ0n) is 17.6. The minimum absolute atomic E-state index is 0.0126. The van der Waals surface area contributed by atoms with Crippen LogP contribution in [0.15, 0.2) is 78.7 Å². The molecule has 0 amide bonds. The third-order valence-electron chi connectivity index (χ3n) is 4.86. The molecule has 0 atom stereocenters. The average molecular weight is 651 g/mol. The Balaban J connectivity index is 1.56. The number of nitro groups is 1. The summed E-state index contributed by atoms with van der Waals surface area (Å²) in [7, 11) is 0. The van der Waals surface area contributed by atoms with Gasteiger partial charge in [-0.15, -0.1) is 0 Å². The highest BCUT2D eigenvalue weighted by Gasteiger charge is 2.25. The fourth-order valence-electron chi connectivity index (χ4n) is 3.27. The van der Waals surface area contributed by atoms with Crippen LogP contribution in [0.3, 0.4) is 0 Å². The predicted octanol–water partition coefficient (Wildman–Crippen LogP) is 7.11. The smallest absolute Gasteiger partial charge is 0.363 e. The van der Waals surface area contributed by atoms with Gasteiger partial charge in [0.2, 0.25) is 5.90 Å². The zero-order chi connectivity index (χ0) is 24.4. The minimum Gasteiger partial charge on any atom is -0.487 e. The van der Waals surface area contributed by atoms with E-state index < -0.39 is 10.9 Å². The quantitative estimate of drug-likeness (QED) is 0.123. The SMILES string of the molecule is Cc1cc(C2=N/C(=C\c3cc(Br)c(OCc4cccc(Br)c4)c(Br)c3)C(=O)O2)ccc1[N+](=O)[O-]. The summed E-state index contributed by atoms with van der Waals surface area (Å²) in [5.74, 6) is 0.122. The summed E-state index contributed by atoms with van der Waals surface area (Å²) in [5, 5.41) is 11.0. The van der Waals surface area contributed by atoms with Gasteiger partial charge in [-0.1, -0.05) is 28.1 Å². The number of aryl methyl sites for hydroxylation is 1. The summed E-state index contributed by atoms with van der Waals surface area (Å²) in [6.07, 6.45) is 1.60. The maximum absolute atomic E-state index is 12.4. The molecule has 4 rings (SSSR count). The number of rotatable bonds is 6. The fourth-order valence-corrected chi connectivity index (χ4v) is 5.16. The molecular weight excluding hydrogens is 636 g/mol. The van der Waals surface area contributed by atoms with Gasteiger partial charge in [-0.3, -0.25) is 10.1 Å². The van der Waals surface area contributed by atoms with E-state index in [2.05, 4.69) is 52.8 Å². The number of halogens is 3. The Morgan fingerprint density at radius 3 is 2.47 bits per heavy atom. The van der Waals surface area contributed by atoms with E-state index in [4.69, 9.17) is 9.47 Å². The van der Waals surface area contributed by atoms with Gasteiger partial charge in [0.1, 0.15) is 12.4 Å². The van der Waals surface area contributed by atoms with Crippen molar-refractivity contribution in [3.05, 3.63) is 106 Å². The molecule has 0 aromatic heterocycles. The third-order valence-corrected chi connectivity index (χ3v) is 6.53. The first-order chi connectivity index (χ1) is 16.2. The van der Waals surface area contributed by atoms with E-state index in [0.29, 0.717) is 38.0 Å². The molecule has 3 aromatic rings. The Kier molecular flexibility index (Phi) is 7.30. The van der Waals surface area contributed by atoms with Crippen LogP contribution in [0.1, 0.15) is 22.3 Å². The van der Waals surface area contributed by atoms with Gasteiger partial charge in [0, 0.05) is 21.7 Å². The molecule has 0 aliphatic carbocycles. The van der Waals surface area contributed by atoms with E-state index in [0.717, 1.165) is 10.0 Å². The van der Waals surface area contributed by atoms with Crippen molar-refractivity contribution in [2.45, 2.75) is 13.5 Å². The maximum Gasteiger partial charge on any atom is 0.363 e. The summed E-state index contributed by atoms with van der Waals surface area (Å²) >= 11 is 10.5. The van der Waals surface area contributed by atoms with Crippen LogP contribution in [0.4, 0.5) is 5.69 Å². The molecule has 0 unspecified atom stereocenters. The molecule has 0 bridgehead atoms. The molecule has 0 saturated carbocycles. The topological polar surface area (TPSA) is 91.0 Å². The van der Waals surface area contributed by atoms with Crippen molar-refractivity contribution in [3.8, 4) is 5.75 Å². The first-order valence-corrected chi connectivity index (χ1v) is 12.2. The summed E-state index contributed by atoms with van der Waals surface area (Å²) < 4.78 is 13.6. The molecule has 1 aliphatic rings. The average Bonchev–Trinajstić information content (AvgIpc) is 3.13. The van der Waals surface area contributed by atoms with Crippen LogP contribution in [0.25, 0.3) is 6.08 Å². The Bertz CT molecular complexity index is 1360. The highest BCUT2D eigenvalue weighted by Crippen LogP contribution is 2.36. The molecule has 34 heavy (non-hydrogen) atoms. The predicted molar refractivity (Wildman–Crippen MR) is 139 cm³/mol. The van der Waals surface area contributed by atoms with Crippen LogP contribution in [0.2, 0.25) is 0 Å². The van der Waals surface area contributed by atoms with Crippen molar-refractivity contribution in [2.75, 3.05) is 0 Å². The monoisotopic (exact) mass is 648 g/mol. The first-order valence-electron chi connectivity index (χ1n) is 9.85. The minimum atomic E-state index is -0.603. The van der Waals surface area contributed by atoms with Crippen molar-refractivity contribution < 1.29 is 19.2 Å². The molecule has 0 radical (unpaired) electrons. The number of cyclic esters (lactones) is 1. The number of ether oxygens (including phenoxy) is 2. The molecular formula is C24H15Br3N2O5. The van der Waals surface area contributed by atoms with Gasteiger partial charge in [-0.05, 0) is 92.4 Å². The lowest BCUT2D eigenvalue weighted by Crippen LogP contribution is -2.06. The Labute approximate surface area is 220 Å². The van der Waals surface area contributed by atoms with E-state index in [1.165, 1.54) is 12.1 Å². The number of hydrogen-bond donors (Lipinski definition) is 0. The van der Waals surface area contributed by atoms with Gasteiger partial charge < -0.3 is 9.47 Å². The van der Waals surface area contributed by atoms with Crippen LogP contribution in [-0.4, -0.2) is 16.8 Å². The molecule has 10 heteroatoms. The molecule has 0 N–H and O–H groups in total. The van der Waals surface area contributed by atoms with E-state index in [-0.39, 0.29) is 17.3 Å². The van der Waals surface area contributed by atoms with Crippen molar-refractivity contribution in [3.63, 3.8) is 0 Å². The molecule has 1 heterocycles. The van der Waals surface area contributed by atoms with Crippen molar-refractivity contribution in [2.24, 2.45) is 4.99 Å². The van der Waals surface area contributed by atoms with Crippen LogP contribution in [-0.2, 0) is 16.1 Å². The summed E-state index contributed by atoms with van der Waals surface area (Å²) in [5.41, 5.74) is 2.75. The van der Waals surface area contributed by atoms with Crippen LogP contribution < -0.4 is 4.74 Å². The van der Waals surface area contributed by atoms with Crippen LogP contribution in [0.5, 0.6) is 5.75 Å². The van der Waals surface area contributed by atoms with Gasteiger partial charge in [-0.25, -0.2) is 9.79 Å². The van der Waals surface area contributed by atoms with E-state index >= 15 is 0 Å². The maximum atomic E-state index is 12.4. The molecule has 0 saturated heterocycles. The summed E-state index contributed by atoms with van der Waals surface area (Å²) in [6.45, 7) is 2.00. The van der Waals surface area contributed by atoms with Gasteiger partial charge in [0.05, 0.1) is 13.9 Å². The zero-order valence-corrected chi connectivity index (χ0v) is 22.3. The number of carbonyl (C=O) groups is 1. The van der Waals surface area contributed by atoms with Gasteiger partial charge in [-0.2, -0.15) is 0 Å². The molecule has 7 nitrogen and oxygen atoms in total. The Morgan fingerprint density at radius 2 is 1.82 bits per heavy atom. The normalized spacial score (nSPS) is 14.2. The van der Waals surface area contributed by atoms with Crippen molar-refractivity contribution >= 4 is 71.4 Å². The number of nitro benzene ring substituents is 1. The number of esters is 1. The summed E-state index contributed by atoms with van der Waals surface area (Å²) in [6, 6.07) is 15.9. The largest absolute Gasteiger partial charge is 0.487 e. The van der Waals surface area contributed by atoms with Gasteiger partial charge in [0.15, 0.2) is 5.70 Å². The first kappa shape index (κ1) is 24.3.